The van der Waals surface area contributed by atoms with Gasteiger partial charge in [-0.15, -0.1) is 0 Å². The second-order valence-electron chi connectivity index (χ2n) is 5.17. The van der Waals surface area contributed by atoms with Crippen molar-refractivity contribution in [3.63, 3.8) is 0 Å². The second kappa shape index (κ2) is 6.13. The van der Waals surface area contributed by atoms with E-state index in [1.807, 2.05) is 23.1 Å². The van der Waals surface area contributed by atoms with Crippen LogP contribution in [0.5, 0.6) is 11.5 Å². The number of nitrogens with zero attached hydrogens (tertiary/aromatic N) is 1. The lowest BCUT2D eigenvalue weighted by molar-refractivity contribution is -0.129. The minimum atomic E-state index is 0.194. The number of rotatable bonds is 4. The van der Waals surface area contributed by atoms with Crippen molar-refractivity contribution in [1.29, 1.82) is 0 Å². The first-order valence-corrected chi connectivity index (χ1v) is 7.20. The molecule has 0 spiro atoms. The smallest absolute Gasteiger partial charge is 0.236 e. The molecular formula is C15H20N2O3. The maximum absolute atomic E-state index is 11.9. The minimum Gasteiger partial charge on any atom is -0.486 e. The van der Waals surface area contributed by atoms with Crippen LogP contribution in [-0.4, -0.2) is 43.7 Å². The van der Waals surface area contributed by atoms with Gasteiger partial charge in [0.2, 0.25) is 5.91 Å². The lowest BCUT2D eigenvalue weighted by atomic mass is 10.2. The Morgan fingerprint density at radius 3 is 2.70 bits per heavy atom. The van der Waals surface area contributed by atoms with E-state index in [0.29, 0.717) is 26.3 Å². The Hall–Kier alpha value is -1.75. The number of nitrogens with one attached hydrogen (secondary N) is 1. The molecule has 2 aliphatic heterocycles. The summed E-state index contributed by atoms with van der Waals surface area (Å²) in [6.07, 6.45) is 2.27. The molecule has 1 saturated heterocycles. The summed E-state index contributed by atoms with van der Waals surface area (Å²) >= 11 is 0. The number of ether oxygens (including phenoxy) is 2. The maximum atomic E-state index is 11.9. The summed E-state index contributed by atoms with van der Waals surface area (Å²) in [5.74, 6) is 1.79. The van der Waals surface area contributed by atoms with Crippen molar-refractivity contribution in [3.8, 4) is 11.5 Å². The molecule has 1 aromatic carbocycles. The molecule has 0 aliphatic carbocycles. The third-order valence-corrected chi connectivity index (χ3v) is 3.67. The molecule has 0 atom stereocenters. The number of fused-ring (bicyclic) bond motifs is 1. The van der Waals surface area contributed by atoms with E-state index in [4.69, 9.17) is 9.47 Å². The monoisotopic (exact) mass is 276 g/mol. The Labute approximate surface area is 118 Å². The van der Waals surface area contributed by atoms with E-state index in [2.05, 4.69) is 5.32 Å². The second-order valence-corrected chi connectivity index (χ2v) is 5.17. The van der Waals surface area contributed by atoms with Gasteiger partial charge in [0.15, 0.2) is 11.5 Å². The fraction of sp³-hybridized carbons (Fsp3) is 0.533. The summed E-state index contributed by atoms with van der Waals surface area (Å²) in [6.45, 7) is 4.08. The fourth-order valence-electron chi connectivity index (χ4n) is 2.59. The van der Waals surface area contributed by atoms with E-state index in [9.17, 15) is 4.79 Å². The van der Waals surface area contributed by atoms with Crippen molar-refractivity contribution in [2.75, 3.05) is 32.8 Å². The Kier molecular flexibility index (Phi) is 4.06. The van der Waals surface area contributed by atoms with Gasteiger partial charge in [0, 0.05) is 19.6 Å². The van der Waals surface area contributed by atoms with Crippen molar-refractivity contribution in [2.24, 2.45) is 0 Å². The van der Waals surface area contributed by atoms with Crippen molar-refractivity contribution < 1.29 is 14.3 Å². The van der Waals surface area contributed by atoms with Crippen LogP contribution in [0.1, 0.15) is 18.4 Å². The highest BCUT2D eigenvalue weighted by Crippen LogP contribution is 2.30. The summed E-state index contributed by atoms with van der Waals surface area (Å²) in [6, 6.07) is 5.90. The van der Waals surface area contributed by atoms with Gasteiger partial charge in [0.1, 0.15) is 13.2 Å². The predicted octanol–water partition coefficient (Wildman–Crippen LogP) is 1.17. The molecular weight excluding hydrogens is 256 g/mol. The van der Waals surface area contributed by atoms with Crippen LogP contribution in [0.4, 0.5) is 0 Å². The molecule has 2 aliphatic rings. The molecule has 0 bridgehead atoms. The Balaban J connectivity index is 1.49. The minimum absolute atomic E-state index is 0.194. The van der Waals surface area contributed by atoms with Crippen LogP contribution in [0.25, 0.3) is 0 Å². The van der Waals surface area contributed by atoms with Crippen molar-refractivity contribution in [1.82, 2.24) is 10.2 Å². The van der Waals surface area contributed by atoms with Gasteiger partial charge in [-0.1, -0.05) is 6.07 Å². The van der Waals surface area contributed by atoms with E-state index < -0.39 is 0 Å². The summed E-state index contributed by atoms with van der Waals surface area (Å²) in [5.41, 5.74) is 1.10. The van der Waals surface area contributed by atoms with Crippen LogP contribution in [0, 0.1) is 0 Å². The average Bonchev–Trinajstić information content (AvgIpc) is 3.01. The highest BCUT2D eigenvalue weighted by molar-refractivity contribution is 5.78. The van der Waals surface area contributed by atoms with Gasteiger partial charge in [-0.3, -0.25) is 4.79 Å². The van der Waals surface area contributed by atoms with E-state index in [1.54, 1.807) is 0 Å². The summed E-state index contributed by atoms with van der Waals surface area (Å²) in [7, 11) is 0. The lowest BCUT2D eigenvalue weighted by Gasteiger charge is -2.19. The molecule has 2 heterocycles. The molecule has 108 valence electrons. The molecule has 20 heavy (non-hydrogen) atoms. The normalized spacial score (nSPS) is 17.3. The van der Waals surface area contributed by atoms with Crippen molar-refractivity contribution in [3.05, 3.63) is 23.8 Å². The van der Waals surface area contributed by atoms with Crippen molar-refractivity contribution in [2.45, 2.75) is 19.4 Å². The first kappa shape index (κ1) is 13.2. The molecule has 3 rings (SSSR count). The van der Waals surface area contributed by atoms with Crippen LogP contribution in [-0.2, 0) is 11.3 Å². The SMILES string of the molecule is O=C(CNCc1ccc2c(c1)OCCO2)N1CCCC1. The van der Waals surface area contributed by atoms with Crippen molar-refractivity contribution >= 4 is 5.91 Å². The third-order valence-electron chi connectivity index (χ3n) is 3.67. The van der Waals surface area contributed by atoms with Gasteiger partial charge in [0.25, 0.3) is 0 Å². The zero-order chi connectivity index (χ0) is 13.8. The Bertz CT molecular complexity index is 484. The van der Waals surface area contributed by atoms with Crippen LogP contribution in [0.2, 0.25) is 0 Å². The molecule has 1 N–H and O–H groups in total. The summed E-state index contributed by atoms with van der Waals surface area (Å²) in [5, 5.41) is 3.20. The van der Waals surface area contributed by atoms with Gasteiger partial charge in [-0.2, -0.15) is 0 Å². The first-order valence-electron chi connectivity index (χ1n) is 7.20. The van der Waals surface area contributed by atoms with E-state index in [1.165, 1.54) is 0 Å². The number of hydrogen-bond acceptors (Lipinski definition) is 4. The predicted molar refractivity (Wildman–Crippen MR) is 75.0 cm³/mol. The number of carbonyl (C=O) groups is 1. The molecule has 1 aromatic rings. The van der Waals surface area contributed by atoms with Gasteiger partial charge in [0.05, 0.1) is 6.54 Å². The molecule has 0 saturated carbocycles. The Morgan fingerprint density at radius 2 is 1.90 bits per heavy atom. The molecule has 0 unspecified atom stereocenters. The number of amides is 1. The van der Waals surface area contributed by atoms with Crippen LogP contribution < -0.4 is 14.8 Å². The zero-order valence-electron chi connectivity index (χ0n) is 11.6. The molecule has 0 radical (unpaired) electrons. The lowest BCUT2D eigenvalue weighted by Crippen LogP contribution is -2.35. The van der Waals surface area contributed by atoms with E-state index in [0.717, 1.165) is 43.0 Å². The average molecular weight is 276 g/mol. The summed E-state index contributed by atoms with van der Waals surface area (Å²) in [4.78, 5) is 13.8. The molecule has 1 amide bonds. The third kappa shape index (κ3) is 3.04. The van der Waals surface area contributed by atoms with Gasteiger partial charge >= 0.3 is 0 Å². The summed E-state index contributed by atoms with van der Waals surface area (Å²) < 4.78 is 11.0. The highest BCUT2D eigenvalue weighted by atomic mass is 16.6. The van der Waals surface area contributed by atoms with Gasteiger partial charge < -0.3 is 19.7 Å². The standard InChI is InChI=1S/C15H20N2O3/c18-15(17-5-1-2-6-17)11-16-10-12-3-4-13-14(9-12)20-8-7-19-13/h3-4,9,16H,1-2,5-8,10-11H2. The molecule has 5 heteroatoms. The first-order chi connectivity index (χ1) is 9.83. The number of hydrogen-bond donors (Lipinski definition) is 1. The van der Waals surface area contributed by atoms with Crippen LogP contribution in [0.15, 0.2) is 18.2 Å². The maximum Gasteiger partial charge on any atom is 0.236 e. The van der Waals surface area contributed by atoms with E-state index >= 15 is 0 Å². The zero-order valence-corrected chi connectivity index (χ0v) is 11.6. The molecule has 5 nitrogen and oxygen atoms in total. The Morgan fingerprint density at radius 1 is 1.15 bits per heavy atom. The quantitative estimate of drug-likeness (QED) is 0.897. The van der Waals surface area contributed by atoms with Gasteiger partial charge in [-0.25, -0.2) is 0 Å². The number of likely N-dealkylation sites (tertiary alicyclic amines) is 1. The fourth-order valence-corrected chi connectivity index (χ4v) is 2.59. The van der Waals surface area contributed by atoms with Crippen LogP contribution >= 0.6 is 0 Å². The van der Waals surface area contributed by atoms with Crippen LogP contribution in [0.3, 0.4) is 0 Å². The topological polar surface area (TPSA) is 50.8 Å². The number of carbonyl (C=O) groups excluding carboxylic acids is 1. The van der Waals surface area contributed by atoms with E-state index in [-0.39, 0.29) is 5.91 Å². The molecule has 1 fully saturated rings. The number of benzene rings is 1. The van der Waals surface area contributed by atoms with Gasteiger partial charge in [-0.05, 0) is 30.5 Å². The largest absolute Gasteiger partial charge is 0.486 e. The highest BCUT2D eigenvalue weighted by Gasteiger charge is 2.17. The molecule has 0 aromatic heterocycles.